The van der Waals surface area contributed by atoms with Crippen molar-refractivity contribution >= 4 is 65.8 Å². The van der Waals surface area contributed by atoms with E-state index in [0.29, 0.717) is 27.9 Å². The average Bonchev–Trinajstić information content (AvgIpc) is 4.08. The van der Waals surface area contributed by atoms with Crippen LogP contribution in [0, 0.1) is 6.33 Å². The predicted molar refractivity (Wildman–Crippen MR) is 287 cm³/mol. The van der Waals surface area contributed by atoms with E-state index in [4.69, 9.17) is 23.1 Å². The van der Waals surface area contributed by atoms with Gasteiger partial charge in [-0.3, -0.25) is 13.7 Å². The molecule has 0 fully saturated rings. The Bertz CT molecular complexity index is 4710. The smallest absolute Gasteiger partial charge is 0.269 e. The summed E-state index contributed by atoms with van der Waals surface area (Å²) in [6.07, 6.45) is 5.44. The van der Waals surface area contributed by atoms with Gasteiger partial charge in [-0.15, -0.1) is 0 Å². The van der Waals surface area contributed by atoms with Crippen LogP contribution in [0.25, 0.3) is 111 Å². The molecule has 0 unspecified atom stereocenters. The Kier molecular flexibility index (Phi) is 7.45. The van der Waals surface area contributed by atoms with Gasteiger partial charge in [0.1, 0.15) is 11.4 Å². The molecule has 13 aromatic rings. The second-order valence-corrected chi connectivity index (χ2v) is 18.3. The minimum absolute atomic E-state index is 0.135. The minimum atomic E-state index is -0.571. The number of fused-ring (bicyclic) bond motifs is 8. The van der Waals surface area contributed by atoms with Gasteiger partial charge in [-0.2, -0.15) is 0 Å². The number of nitrogens with zero attached hydrogens (tertiary/aromatic N) is 5. The lowest BCUT2D eigenvalue weighted by atomic mass is 9.88. The van der Waals surface area contributed by atoms with Crippen molar-refractivity contribution in [2.45, 2.75) is 26.2 Å². The molecular formula is C64H47N5O. The third-order valence-electron chi connectivity index (χ3n) is 13.1. The fraction of sp³-hybridized carbons (Fsp3) is 0.0625. The van der Waals surface area contributed by atoms with Gasteiger partial charge in [0.2, 0.25) is 0 Å². The first kappa shape index (κ1) is 31.9. The molecule has 13 rings (SSSR count). The number of para-hydroxylation sites is 7. The number of hydrogen-bond acceptors (Lipinski definition) is 2. The third kappa shape index (κ3) is 6.79. The Hall–Kier alpha value is -9.00. The Labute approximate surface area is 419 Å². The van der Waals surface area contributed by atoms with Crippen LogP contribution in [0.15, 0.2) is 235 Å². The number of pyridine rings is 1. The summed E-state index contributed by atoms with van der Waals surface area (Å²) in [6.45, 7) is 6.59. The van der Waals surface area contributed by atoms with Gasteiger partial charge in [-0.05, 0) is 100.0 Å². The van der Waals surface area contributed by atoms with Gasteiger partial charge in [-0.1, -0.05) is 178 Å². The molecule has 4 heterocycles. The summed E-state index contributed by atoms with van der Waals surface area (Å²) in [7, 11) is 0. The molecule has 0 aliphatic rings. The summed E-state index contributed by atoms with van der Waals surface area (Å²) in [5, 5.41) is 3.91. The monoisotopic (exact) mass is 911 g/mol. The molecule has 4 aromatic heterocycles. The number of aromatic nitrogens is 5. The summed E-state index contributed by atoms with van der Waals surface area (Å²) >= 11 is 0. The van der Waals surface area contributed by atoms with Crippen molar-refractivity contribution in [2.75, 3.05) is 0 Å². The lowest BCUT2D eigenvalue weighted by Gasteiger charge is -2.20. The molecule has 0 saturated carbocycles. The SMILES string of the molecule is [2H]c1c([2H])c([2H])c(-c2cccc(-c3c([2H])c([2H])c([2H])c([2H])c3[2H])c2-[n+]2[c-]n(-c3cccc(-n4c5ccccc5oc5ccccc5c5cc6c7ccccc7n(-c7cc(C(C)(C)C)ccn7)c6cc54)c3)c3ccccc32)c([2H])c1[2H]. The van der Waals surface area contributed by atoms with Crippen molar-refractivity contribution in [2.24, 2.45) is 0 Å². The van der Waals surface area contributed by atoms with E-state index in [2.05, 4.69) is 90.8 Å². The van der Waals surface area contributed by atoms with Crippen LogP contribution in [-0.4, -0.2) is 18.7 Å². The summed E-state index contributed by atoms with van der Waals surface area (Å²) in [5.74, 6) is 0.790. The first-order valence-corrected chi connectivity index (χ1v) is 23.1. The third-order valence-corrected chi connectivity index (χ3v) is 13.1. The van der Waals surface area contributed by atoms with Crippen molar-refractivity contribution in [1.82, 2.24) is 18.7 Å². The Morgan fingerprint density at radius 2 is 1.10 bits per heavy atom. The minimum Gasteiger partial charge on any atom is -0.455 e. The highest BCUT2D eigenvalue weighted by atomic mass is 16.3. The highest BCUT2D eigenvalue weighted by Gasteiger charge is 2.22. The topological polar surface area (TPSA) is 44.7 Å². The van der Waals surface area contributed by atoms with Crippen LogP contribution >= 0.6 is 0 Å². The van der Waals surface area contributed by atoms with Crippen LogP contribution in [0.4, 0.5) is 0 Å². The molecule has 0 N–H and O–H groups in total. The van der Waals surface area contributed by atoms with Crippen LogP contribution in [0.1, 0.15) is 40.0 Å². The summed E-state index contributed by atoms with van der Waals surface area (Å²) in [4.78, 5) is 5.00. The molecule has 0 bridgehead atoms. The molecule has 0 radical (unpaired) electrons. The van der Waals surface area contributed by atoms with Crippen molar-refractivity contribution in [3.05, 3.63) is 242 Å². The standard InChI is InChI=1S/C64H47N5O/c1-64(2,3)45-36-37-65-62(38-45)69-54-30-12-10-26-50(54)52-40-53-51-27-11-16-34-60(51)70-61-35-17-15-33-57(61)68(58(53)41-59(52)69)47-25-18-24-46(39-47)66-42-67(56-32-14-13-31-55(56)66)63-48(43-20-6-4-7-21-43)28-19-29-49(63)44-22-8-5-9-23-44/h4-41H,1-3H3/i4D,5D,6D,7D,8D,9D,20D,21D,22D,23D. The van der Waals surface area contributed by atoms with Crippen LogP contribution in [0.3, 0.4) is 0 Å². The van der Waals surface area contributed by atoms with Crippen LogP contribution in [-0.2, 0) is 5.41 Å². The van der Waals surface area contributed by atoms with E-state index >= 15 is 0 Å². The number of rotatable bonds is 6. The van der Waals surface area contributed by atoms with Crippen LogP contribution in [0.2, 0.25) is 0 Å². The van der Waals surface area contributed by atoms with Gasteiger partial charge < -0.3 is 8.98 Å². The van der Waals surface area contributed by atoms with E-state index in [1.54, 1.807) is 22.8 Å². The highest BCUT2D eigenvalue weighted by Crippen LogP contribution is 2.40. The Morgan fingerprint density at radius 1 is 0.500 bits per heavy atom. The lowest BCUT2D eigenvalue weighted by molar-refractivity contribution is -0.571. The van der Waals surface area contributed by atoms with Crippen molar-refractivity contribution in [1.29, 1.82) is 0 Å². The summed E-state index contributed by atoms with van der Waals surface area (Å²) < 4.78 is 103. The molecule has 6 nitrogen and oxygen atoms in total. The van der Waals surface area contributed by atoms with Crippen LogP contribution in [0.5, 0.6) is 0 Å². The molecule has 0 saturated heterocycles. The van der Waals surface area contributed by atoms with E-state index in [9.17, 15) is 0 Å². The zero-order valence-corrected chi connectivity index (χ0v) is 38.3. The summed E-state index contributed by atoms with van der Waals surface area (Å²) in [5.41, 5.74) is 8.74. The van der Waals surface area contributed by atoms with Crippen molar-refractivity contribution in [3.63, 3.8) is 0 Å². The molecule has 6 heteroatoms. The average molecular weight is 912 g/mol. The van der Waals surface area contributed by atoms with Gasteiger partial charge >= 0.3 is 0 Å². The molecule has 0 aliphatic heterocycles. The molecule has 70 heavy (non-hydrogen) atoms. The Morgan fingerprint density at radius 3 is 1.84 bits per heavy atom. The van der Waals surface area contributed by atoms with E-state index in [-0.39, 0.29) is 33.4 Å². The maximum atomic E-state index is 9.17. The molecular weight excluding hydrogens is 855 g/mol. The maximum absolute atomic E-state index is 9.17. The normalized spacial score (nSPS) is 13.9. The second kappa shape index (κ2) is 16.4. The van der Waals surface area contributed by atoms with E-state index < -0.39 is 60.4 Å². The number of benzene rings is 9. The zero-order valence-electron chi connectivity index (χ0n) is 48.3. The summed E-state index contributed by atoms with van der Waals surface area (Å²) in [6, 6.07) is 48.2. The number of hydrogen-bond donors (Lipinski definition) is 0. The van der Waals surface area contributed by atoms with Gasteiger partial charge in [0, 0.05) is 33.4 Å². The molecule has 0 aliphatic carbocycles. The largest absolute Gasteiger partial charge is 0.455 e. The maximum Gasteiger partial charge on any atom is 0.269 e. The molecule has 334 valence electrons. The molecule has 9 aromatic carbocycles. The Balaban J connectivity index is 1.12. The lowest BCUT2D eigenvalue weighted by Crippen LogP contribution is -2.31. The van der Waals surface area contributed by atoms with E-state index in [1.807, 2.05) is 102 Å². The number of imidazole rings is 1. The molecule has 0 spiro atoms. The molecule has 0 amide bonds. The highest BCUT2D eigenvalue weighted by molar-refractivity contribution is 6.17. The van der Waals surface area contributed by atoms with Crippen molar-refractivity contribution in [3.8, 4) is 45.1 Å². The quantitative estimate of drug-likeness (QED) is 0.123. The molecule has 0 atom stereocenters. The fourth-order valence-electron chi connectivity index (χ4n) is 9.84. The van der Waals surface area contributed by atoms with Gasteiger partial charge in [0.05, 0.1) is 58.2 Å². The van der Waals surface area contributed by atoms with Crippen molar-refractivity contribution < 1.29 is 22.7 Å². The van der Waals surface area contributed by atoms with Gasteiger partial charge in [0.15, 0.2) is 5.58 Å². The first-order chi connectivity index (χ1) is 38.5. The first-order valence-electron chi connectivity index (χ1n) is 28.1. The second-order valence-electron chi connectivity index (χ2n) is 18.3. The van der Waals surface area contributed by atoms with E-state index in [0.717, 1.165) is 60.7 Å². The van der Waals surface area contributed by atoms with Gasteiger partial charge in [0.25, 0.3) is 6.33 Å². The van der Waals surface area contributed by atoms with Gasteiger partial charge in [-0.25, -0.2) is 4.98 Å². The van der Waals surface area contributed by atoms with E-state index in [1.165, 1.54) is 0 Å². The fourth-order valence-corrected chi connectivity index (χ4v) is 9.84. The van der Waals surface area contributed by atoms with Crippen LogP contribution < -0.4 is 4.57 Å². The zero-order chi connectivity index (χ0) is 55.6. The predicted octanol–water partition coefficient (Wildman–Crippen LogP) is 15.8.